The zero-order valence-corrected chi connectivity index (χ0v) is 10.5. The van der Waals surface area contributed by atoms with E-state index in [0.29, 0.717) is 23.0 Å². The molecule has 0 bridgehead atoms. The van der Waals surface area contributed by atoms with Crippen LogP contribution >= 0.6 is 0 Å². The van der Waals surface area contributed by atoms with E-state index in [1.807, 2.05) is 0 Å². The molecule has 0 saturated carbocycles. The molecule has 0 atom stereocenters. The fourth-order valence-corrected chi connectivity index (χ4v) is 1.65. The van der Waals surface area contributed by atoms with Gasteiger partial charge in [-0.15, -0.1) is 0 Å². The molecule has 0 radical (unpaired) electrons. The van der Waals surface area contributed by atoms with E-state index in [2.05, 4.69) is 20.7 Å². The molecular formula is C12H13F2N5. The lowest BCUT2D eigenvalue weighted by Gasteiger charge is -2.12. The highest BCUT2D eigenvalue weighted by atomic mass is 19.1. The summed E-state index contributed by atoms with van der Waals surface area (Å²) in [6.07, 6.45) is 0. The number of benzene rings is 1. The lowest BCUT2D eigenvalue weighted by Crippen LogP contribution is -2.13. The van der Waals surface area contributed by atoms with Crippen molar-refractivity contribution in [2.45, 2.75) is 13.8 Å². The number of halogens is 2. The lowest BCUT2D eigenvalue weighted by atomic mass is 10.2. The van der Waals surface area contributed by atoms with Gasteiger partial charge in [-0.1, -0.05) is 0 Å². The largest absolute Gasteiger partial charge is 0.340 e. The predicted molar refractivity (Wildman–Crippen MR) is 69.0 cm³/mol. The normalized spacial score (nSPS) is 10.4. The minimum absolute atomic E-state index is 0.265. The molecule has 4 N–H and O–H groups in total. The number of anilines is 3. The average Bonchev–Trinajstić information content (AvgIpc) is 2.32. The van der Waals surface area contributed by atoms with Crippen LogP contribution < -0.4 is 16.6 Å². The van der Waals surface area contributed by atoms with E-state index in [4.69, 9.17) is 5.84 Å². The molecule has 1 aromatic carbocycles. The first kappa shape index (κ1) is 13.2. The molecule has 2 aromatic rings. The van der Waals surface area contributed by atoms with Crippen molar-refractivity contribution < 1.29 is 8.78 Å². The highest BCUT2D eigenvalue weighted by Gasteiger charge is 2.09. The molecule has 0 aliphatic rings. The minimum atomic E-state index is -0.664. The van der Waals surface area contributed by atoms with E-state index >= 15 is 0 Å². The Hall–Kier alpha value is -2.28. The zero-order valence-electron chi connectivity index (χ0n) is 10.5. The number of nitrogens with one attached hydrogen (secondary N) is 2. The Kier molecular flexibility index (Phi) is 3.57. The monoisotopic (exact) mass is 265 g/mol. The third kappa shape index (κ3) is 2.94. The minimum Gasteiger partial charge on any atom is -0.340 e. The lowest BCUT2D eigenvalue weighted by molar-refractivity contribution is 0.584. The summed E-state index contributed by atoms with van der Waals surface area (Å²) in [6.45, 7) is 3.43. The summed E-state index contributed by atoms with van der Waals surface area (Å²) in [5.41, 5.74) is 3.36. The van der Waals surface area contributed by atoms with Crippen molar-refractivity contribution in [2.75, 3.05) is 10.7 Å². The van der Waals surface area contributed by atoms with Gasteiger partial charge in [-0.2, -0.15) is 0 Å². The van der Waals surface area contributed by atoms with Gasteiger partial charge in [-0.25, -0.2) is 24.6 Å². The van der Waals surface area contributed by atoms with Gasteiger partial charge in [0.25, 0.3) is 0 Å². The number of aromatic nitrogens is 2. The Morgan fingerprint density at radius 2 is 1.58 bits per heavy atom. The molecule has 2 rings (SSSR count). The first-order valence-electron chi connectivity index (χ1n) is 5.54. The molecule has 0 aliphatic heterocycles. The second-order valence-corrected chi connectivity index (χ2v) is 4.02. The zero-order chi connectivity index (χ0) is 14.0. The van der Waals surface area contributed by atoms with E-state index in [-0.39, 0.29) is 5.69 Å². The van der Waals surface area contributed by atoms with Crippen molar-refractivity contribution in [1.82, 2.24) is 9.97 Å². The molecule has 19 heavy (non-hydrogen) atoms. The summed E-state index contributed by atoms with van der Waals surface area (Å²) < 4.78 is 26.2. The fourth-order valence-electron chi connectivity index (χ4n) is 1.65. The SMILES string of the molecule is Cc1nc(NN)c(C)c(Nc2cc(F)cc(F)c2)n1. The molecule has 0 amide bonds. The summed E-state index contributed by atoms with van der Waals surface area (Å²) in [5.74, 6) is 5.39. The van der Waals surface area contributed by atoms with Crippen LogP contribution in [0.3, 0.4) is 0 Å². The van der Waals surface area contributed by atoms with Gasteiger partial charge in [0.15, 0.2) is 0 Å². The molecule has 1 heterocycles. The van der Waals surface area contributed by atoms with Crippen molar-refractivity contribution in [3.63, 3.8) is 0 Å². The van der Waals surface area contributed by atoms with Crippen LogP contribution in [0, 0.1) is 25.5 Å². The molecule has 0 spiro atoms. The van der Waals surface area contributed by atoms with E-state index in [0.717, 1.165) is 6.07 Å². The van der Waals surface area contributed by atoms with Crippen molar-refractivity contribution >= 4 is 17.3 Å². The summed E-state index contributed by atoms with van der Waals surface area (Å²) in [6, 6.07) is 3.15. The number of aryl methyl sites for hydroxylation is 1. The summed E-state index contributed by atoms with van der Waals surface area (Å²) >= 11 is 0. The molecule has 0 saturated heterocycles. The molecule has 0 aliphatic carbocycles. The van der Waals surface area contributed by atoms with Gasteiger partial charge in [-0.3, -0.25) is 0 Å². The van der Waals surface area contributed by atoms with Crippen LogP contribution in [0.15, 0.2) is 18.2 Å². The van der Waals surface area contributed by atoms with Gasteiger partial charge in [0.1, 0.15) is 29.1 Å². The van der Waals surface area contributed by atoms with E-state index < -0.39 is 11.6 Å². The van der Waals surface area contributed by atoms with Gasteiger partial charge in [-0.05, 0) is 26.0 Å². The molecule has 0 fully saturated rings. The van der Waals surface area contributed by atoms with Gasteiger partial charge < -0.3 is 10.7 Å². The van der Waals surface area contributed by atoms with Gasteiger partial charge >= 0.3 is 0 Å². The van der Waals surface area contributed by atoms with Crippen LogP contribution in [-0.2, 0) is 0 Å². The first-order valence-corrected chi connectivity index (χ1v) is 5.54. The maximum absolute atomic E-state index is 13.1. The van der Waals surface area contributed by atoms with Crippen molar-refractivity contribution in [1.29, 1.82) is 0 Å². The standard InChI is InChI=1S/C12H13F2N5/c1-6-11(16-7(2)17-12(6)19-15)18-10-4-8(13)3-9(14)5-10/h3-5H,15H2,1-2H3,(H2,16,17,18,19). The molecular weight excluding hydrogens is 252 g/mol. The van der Waals surface area contributed by atoms with Gasteiger partial charge in [0.05, 0.1) is 0 Å². The summed E-state index contributed by atoms with van der Waals surface area (Å²) in [4.78, 5) is 8.27. The topological polar surface area (TPSA) is 75.9 Å². The van der Waals surface area contributed by atoms with E-state index in [1.54, 1.807) is 13.8 Å². The summed E-state index contributed by atoms with van der Waals surface area (Å²) in [5, 5.41) is 2.84. The Balaban J connectivity index is 2.40. The fraction of sp³-hybridized carbons (Fsp3) is 0.167. The highest BCUT2D eigenvalue weighted by Crippen LogP contribution is 2.23. The maximum atomic E-state index is 13.1. The Bertz CT molecular complexity index is 595. The van der Waals surface area contributed by atoms with E-state index in [9.17, 15) is 8.78 Å². The van der Waals surface area contributed by atoms with Crippen LogP contribution in [0.1, 0.15) is 11.4 Å². The number of nitrogens with two attached hydrogens (primary N) is 1. The third-order valence-electron chi connectivity index (χ3n) is 2.52. The van der Waals surface area contributed by atoms with Crippen molar-refractivity contribution in [3.8, 4) is 0 Å². The van der Waals surface area contributed by atoms with Crippen LogP contribution in [0.2, 0.25) is 0 Å². The van der Waals surface area contributed by atoms with Crippen LogP contribution in [0.5, 0.6) is 0 Å². The van der Waals surface area contributed by atoms with Gasteiger partial charge in [0, 0.05) is 17.3 Å². The number of hydrazine groups is 1. The maximum Gasteiger partial charge on any atom is 0.148 e. The second kappa shape index (κ2) is 5.15. The summed E-state index contributed by atoms with van der Waals surface area (Å²) in [7, 11) is 0. The Morgan fingerprint density at radius 1 is 1.00 bits per heavy atom. The molecule has 100 valence electrons. The molecule has 5 nitrogen and oxygen atoms in total. The predicted octanol–water partition coefficient (Wildman–Crippen LogP) is 2.40. The number of hydrogen-bond acceptors (Lipinski definition) is 5. The van der Waals surface area contributed by atoms with Gasteiger partial charge in [0.2, 0.25) is 0 Å². The number of rotatable bonds is 3. The van der Waals surface area contributed by atoms with Crippen molar-refractivity contribution in [2.24, 2.45) is 5.84 Å². The molecule has 0 unspecified atom stereocenters. The second-order valence-electron chi connectivity index (χ2n) is 4.02. The Morgan fingerprint density at radius 3 is 2.16 bits per heavy atom. The van der Waals surface area contributed by atoms with Crippen LogP contribution in [0.25, 0.3) is 0 Å². The van der Waals surface area contributed by atoms with E-state index in [1.165, 1.54) is 12.1 Å². The third-order valence-corrected chi connectivity index (χ3v) is 2.52. The smallest absolute Gasteiger partial charge is 0.148 e. The average molecular weight is 265 g/mol. The highest BCUT2D eigenvalue weighted by molar-refractivity contribution is 5.64. The quantitative estimate of drug-likeness (QED) is 0.587. The number of hydrogen-bond donors (Lipinski definition) is 3. The molecule has 1 aromatic heterocycles. The van der Waals surface area contributed by atoms with Crippen molar-refractivity contribution in [3.05, 3.63) is 41.2 Å². The Labute approximate surface area is 108 Å². The van der Waals surface area contributed by atoms with Crippen LogP contribution in [0.4, 0.5) is 26.1 Å². The number of nitrogen functional groups attached to an aromatic ring is 1. The molecule has 7 heteroatoms. The van der Waals surface area contributed by atoms with Crippen LogP contribution in [-0.4, -0.2) is 9.97 Å². The first-order chi connectivity index (χ1) is 8.99. The number of nitrogens with zero attached hydrogens (tertiary/aromatic N) is 2.